The third-order valence-electron chi connectivity index (χ3n) is 3.30. The molecule has 0 aliphatic rings. The minimum Gasteiger partial charge on any atom is -0.467 e. The molecular weight excluding hydrogens is 336 g/mol. The molecule has 0 unspecified atom stereocenters. The summed E-state index contributed by atoms with van der Waals surface area (Å²) >= 11 is 1.37. The SMILES string of the molecule is N#CCSc1ccccc1NC(=O)COc1ncnc2ccccc12. The maximum absolute atomic E-state index is 12.2. The number of rotatable bonds is 6. The van der Waals surface area contributed by atoms with E-state index in [0.717, 1.165) is 15.8 Å². The summed E-state index contributed by atoms with van der Waals surface area (Å²) in [5, 5.41) is 12.3. The molecule has 1 aromatic heterocycles. The molecule has 3 rings (SSSR count). The largest absolute Gasteiger partial charge is 0.467 e. The molecule has 0 spiro atoms. The Morgan fingerprint density at radius 3 is 2.84 bits per heavy atom. The number of ether oxygens (including phenoxy) is 1. The fourth-order valence-electron chi connectivity index (χ4n) is 2.22. The summed E-state index contributed by atoms with van der Waals surface area (Å²) in [4.78, 5) is 21.3. The number of aromatic nitrogens is 2. The number of carbonyl (C=O) groups excluding carboxylic acids is 1. The molecule has 0 saturated heterocycles. The van der Waals surface area contributed by atoms with E-state index in [1.54, 1.807) is 6.07 Å². The van der Waals surface area contributed by atoms with Gasteiger partial charge in [0, 0.05) is 4.90 Å². The molecule has 0 radical (unpaired) electrons. The zero-order chi connectivity index (χ0) is 17.5. The van der Waals surface area contributed by atoms with Crippen LogP contribution in [0.15, 0.2) is 59.8 Å². The van der Waals surface area contributed by atoms with Crippen molar-refractivity contribution >= 4 is 34.3 Å². The van der Waals surface area contributed by atoms with Crippen LogP contribution in [0.1, 0.15) is 0 Å². The second-order valence-corrected chi connectivity index (χ2v) is 5.99. The number of amides is 1. The summed E-state index contributed by atoms with van der Waals surface area (Å²) in [5.74, 6) is 0.386. The molecule has 124 valence electrons. The van der Waals surface area contributed by atoms with E-state index in [1.165, 1.54) is 18.1 Å². The van der Waals surface area contributed by atoms with Crippen LogP contribution in [-0.4, -0.2) is 28.2 Å². The number of fused-ring (bicyclic) bond motifs is 1. The highest BCUT2D eigenvalue weighted by Crippen LogP contribution is 2.26. The number of hydrogen-bond donors (Lipinski definition) is 1. The van der Waals surface area contributed by atoms with E-state index < -0.39 is 0 Å². The van der Waals surface area contributed by atoms with Crippen LogP contribution in [0.4, 0.5) is 5.69 Å². The van der Waals surface area contributed by atoms with Crippen LogP contribution in [-0.2, 0) is 4.79 Å². The molecule has 3 aromatic rings. The number of para-hydroxylation sites is 2. The topological polar surface area (TPSA) is 87.9 Å². The van der Waals surface area contributed by atoms with Gasteiger partial charge in [0.25, 0.3) is 5.91 Å². The Morgan fingerprint density at radius 1 is 1.16 bits per heavy atom. The minimum atomic E-state index is -0.298. The normalized spacial score (nSPS) is 10.2. The third-order valence-corrected chi connectivity index (χ3v) is 4.24. The van der Waals surface area contributed by atoms with Gasteiger partial charge in [0.1, 0.15) is 6.33 Å². The second kappa shape index (κ2) is 8.13. The lowest BCUT2D eigenvalue weighted by Crippen LogP contribution is -2.21. The molecule has 0 aliphatic heterocycles. The van der Waals surface area contributed by atoms with Gasteiger partial charge in [-0.3, -0.25) is 4.79 Å². The summed E-state index contributed by atoms with van der Waals surface area (Å²) < 4.78 is 5.55. The van der Waals surface area contributed by atoms with Crippen molar-refractivity contribution in [1.29, 1.82) is 5.26 Å². The number of carbonyl (C=O) groups is 1. The van der Waals surface area contributed by atoms with Crippen molar-refractivity contribution < 1.29 is 9.53 Å². The van der Waals surface area contributed by atoms with E-state index in [-0.39, 0.29) is 12.5 Å². The number of nitriles is 1. The Bertz CT molecular complexity index is 934. The number of nitrogens with zero attached hydrogens (tertiary/aromatic N) is 3. The zero-order valence-corrected chi connectivity index (χ0v) is 14.0. The standard InChI is InChI=1S/C18H14N4O2S/c19-9-10-25-16-8-4-3-7-15(16)22-17(23)11-24-18-13-5-1-2-6-14(13)20-12-21-18/h1-8,12H,10-11H2,(H,22,23). The van der Waals surface area contributed by atoms with Crippen molar-refractivity contribution in [2.45, 2.75) is 4.90 Å². The van der Waals surface area contributed by atoms with Crippen molar-refractivity contribution in [3.8, 4) is 11.9 Å². The Hall–Kier alpha value is -3.11. The predicted molar refractivity (Wildman–Crippen MR) is 96.4 cm³/mol. The van der Waals surface area contributed by atoms with Crippen molar-refractivity contribution in [3.05, 3.63) is 54.9 Å². The molecule has 1 amide bonds. The van der Waals surface area contributed by atoms with Gasteiger partial charge in [-0.25, -0.2) is 9.97 Å². The van der Waals surface area contributed by atoms with Crippen molar-refractivity contribution in [1.82, 2.24) is 9.97 Å². The van der Waals surface area contributed by atoms with Crippen molar-refractivity contribution in [3.63, 3.8) is 0 Å². The highest BCUT2D eigenvalue weighted by molar-refractivity contribution is 7.99. The van der Waals surface area contributed by atoms with Gasteiger partial charge in [-0.2, -0.15) is 5.26 Å². The van der Waals surface area contributed by atoms with Gasteiger partial charge in [0.2, 0.25) is 5.88 Å². The Morgan fingerprint density at radius 2 is 1.96 bits per heavy atom. The third kappa shape index (κ3) is 4.25. The first kappa shape index (κ1) is 16.7. The average Bonchev–Trinajstić information content (AvgIpc) is 2.65. The predicted octanol–water partition coefficient (Wildman–Crippen LogP) is 3.26. The lowest BCUT2D eigenvalue weighted by Gasteiger charge is -2.11. The number of benzene rings is 2. The van der Waals surface area contributed by atoms with Gasteiger partial charge in [0.05, 0.1) is 28.4 Å². The first-order valence-corrected chi connectivity index (χ1v) is 8.47. The van der Waals surface area contributed by atoms with E-state index in [0.29, 0.717) is 17.3 Å². The highest BCUT2D eigenvalue weighted by Gasteiger charge is 2.10. The summed E-state index contributed by atoms with van der Waals surface area (Å²) in [6.45, 7) is -0.168. The molecule has 25 heavy (non-hydrogen) atoms. The van der Waals surface area contributed by atoms with E-state index in [2.05, 4.69) is 21.4 Å². The molecule has 6 nitrogen and oxygen atoms in total. The lowest BCUT2D eigenvalue weighted by atomic mass is 10.2. The van der Waals surface area contributed by atoms with Crippen LogP contribution in [0.25, 0.3) is 10.9 Å². The van der Waals surface area contributed by atoms with Gasteiger partial charge in [-0.15, -0.1) is 11.8 Å². The smallest absolute Gasteiger partial charge is 0.262 e. The highest BCUT2D eigenvalue weighted by atomic mass is 32.2. The summed E-state index contributed by atoms with van der Waals surface area (Å²) in [6, 6.07) is 16.8. The van der Waals surface area contributed by atoms with Crippen LogP contribution in [0, 0.1) is 11.3 Å². The molecule has 0 atom stereocenters. The number of anilines is 1. The molecule has 0 saturated carbocycles. The Balaban J connectivity index is 1.66. The monoisotopic (exact) mass is 350 g/mol. The van der Waals surface area contributed by atoms with Crippen molar-refractivity contribution in [2.24, 2.45) is 0 Å². The van der Waals surface area contributed by atoms with Gasteiger partial charge < -0.3 is 10.1 Å². The van der Waals surface area contributed by atoms with Crippen LogP contribution < -0.4 is 10.1 Å². The molecule has 1 N–H and O–H groups in total. The molecule has 7 heteroatoms. The van der Waals surface area contributed by atoms with Gasteiger partial charge in [-0.05, 0) is 24.3 Å². The fraction of sp³-hybridized carbons (Fsp3) is 0.111. The molecular formula is C18H14N4O2S. The molecule has 0 fully saturated rings. The summed E-state index contributed by atoms with van der Waals surface area (Å²) in [7, 11) is 0. The second-order valence-electron chi connectivity index (χ2n) is 4.98. The molecule has 0 aliphatic carbocycles. The molecule has 1 heterocycles. The average molecular weight is 350 g/mol. The van der Waals surface area contributed by atoms with Gasteiger partial charge >= 0.3 is 0 Å². The molecule has 0 bridgehead atoms. The first-order valence-electron chi connectivity index (χ1n) is 7.49. The Kier molecular flexibility index (Phi) is 5.44. The number of thioether (sulfide) groups is 1. The number of nitrogens with one attached hydrogen (secondary N) is 1. The molecule has 2 aromatic carbocycles. The number of hydrogen-bond acceptors (Lipinski definition) is 6. The van der Waals surface area contributed by atoms with E-state index in [4.69, 9.17) is 10.00 Å². The Labute approximate surface area is 148 Å². The van der Waals surface area contributed by atoms with Gasteiger partial charge in [-0.1, -0.05) is 24.3 Å². The maximum Gasteiger partial charge on any atom is 0.262 e. The van der Waals surface area contributed by atoms with Gasteiger partial charge in [0.15, 0.2) is 6.61 Å². The summed E-state index contributed by atoms with van der Waals surface area (Å²) in [6.07, 6.45) is 1.41. The van der Waals surface area contributed by atoms with Crippen LogP contribution >= 0.6 is 11.8 Å². The van der Waals surface area contributed by atoms with E-state index in [9.17, 15) is 4.79 Å². The quantitative estimate of drug-likeness (QED) is 0.687. The fourth-order valence-corrected chi connectivity index (χ4v) is 2.89. The van der Waals surface area contributed by atoms with E-state index in [1.807, 2.05) is 42.5 Å². The first-order chi connectivity index (χ1) is 12.3. The van der Waals surface area contributed by atoms with Crippen LogP contribution in [0.3, 0.4) is 0 Å². The maximum atomic E-state index is 12.2. The van der Waals surface area contributed by atoms with E-state index >= 15 is 0 Å². The van der Waals surface area contributed by atoms with Crippen molar-refractivity contribution in [2.75, 3.05) is 17.7 Å². The minimum absolute atomic E-state index is 0.168. The van der Waals surface area contributed by atoms with Crippen LogP contribution in [0.5, 0.6) is 5.88 Å². The lowest BCUT2D eigenvalue weighted by molar-refractivity contribution is -0.118. The van der Waals surface area contributed by atoms with Crippen LogP contribution in [0.2, 0.25) is 0 Å². The zero-order valence-electron chi connectivity index (χ0n) is 13.2. The summed E-state index contributed by atoms with van der Waals surface area (Å²) in [5.41, 5.74) is 1.41.